The Labute approximate surface area is 144 Å². The second kappa shape index (κ2) is 7.29. The van der Waals surface area contributed by atoms with Gasteiger partial charge in [0, 0.05) is 17.5 Å². The number of carbonyl (C=O) groups excluding carboxylic acids is 1. The van der Waals surface area contributed by atoms with Crippen molar-refractivity contribution in [3.8, 4) is 11.5 Å². The fourth-order valence-electron chi connectivity index (χ4n) is 3.04. The molecule has 4 nitrogen and oxygen atoms in total. The van der Waals surface area contributed by atoms with Gasteiger partial charge < -0.3 is 14.8 Å². The average molecular weight is 329 g/mol. The van der Waals surface area contributed by atoms with Gasteiger partial charge in [0.2, 0.25) is 0 Å². The van der Waals surface area contributed by atoms with Gasteiger partial charge in [0.05, 0.1) is 13.2 Å². The summed E-state index contributed by atoms with van der Waals surface area (Å²) < 4.78 is 11.6. The molecule has 1 aromatic rings. The number of ether oxygens (including phenoxy) is 2. The molecule has 0 bridgehead atoms. The molecule has 1 amide bonds. The quantitative estimate of drug-likeness (QED) is 0.846. The summed E-state index contributed by atoms with van der Waals surface area (Å²) in [6.07, 6.45) is 8.20. The first-order chi connectivity index (χ1) is 11.5. The summed E-state index contributed by atoms with van der Waals surface area (Å²) in [5, 5.41) is 3.01. The molecule has 0 atom stereocenters. The summed E-state index contributed by atoms with van der Waals surface area (Å²) in [4.78, 5) is 12.4. The molecule has 2 aliphatic rings. The first-order valence-corrected chi connectivity index (χ1v) is 8.89. The van der Waals surface area contributed by atoms with E-state index in [0.29, 0.717) is 36.8 Å². The number of fused-ring (bicyclic) bond motifs is 1. The minimum absolute atomic E-state index is 0.0326. The van der Waals surface area contributed by atoms with Crippen LogP contribution in [0.5, 0.6) is 11.5 Å². The minimum Gasteiger partial charge on any atom is -0.489 e. The van der Waals surface area contributed by atoms with Crippen LogP contribution < -0.4 is 14.8 Å². The van der Waals surface area contributed by atoms with E-state index < -0.39 is 0 Å². The molecule has 1 heterocycles. The number of hydrogen-bond acceptors (Lipinski definition) is 3. The van der Waals surface area contributed by atoms with Crippen LogP contribution in [0.25, 0.3) is 0 Å². The third-order valence-electron chi connectivity index (χ3n) is 4.56. The molecule has 1 N–H and O–H groups in total. The topological polar surface area (TPSA) is 47.6 Å². The number of hydrogen-bond donors (Lipinski definition) is 1. The highest BCUT2D eigenvalue weighted by atomic mass is 16.5. The molecule has 0 radical (unpaired) electrons. The minimum atomic E-state index is -0.0543. The Hall–Kier alpha value is -1.97. The van der Waals surface area contributed by atoms with Gasteiger partial charge in [-0.3, -0.25) is 4.79 Å². The van der Waals surface area contributed by atoms with Crippen LogP contribution in [0.4, 0.5) is 0 Å². The maximum atomic E-state index is 12.4. The van der Waals surface area contributed by atoms with E-state index in [1.54, 1.807) is 12.1 Å². The maximum absolute atomic E-state index is 12.4. The van der Waals surface area contributed by atoms with E-state index in [0.717, 1.165) is 6.42 Å². The molecule has 24 heavy (non-hydrogen) atoms. The Kier molecular flexibility index (Phi) is 5.12. The third kappa shape index (κ3) is 4.31. The number of carbonyl (C=O) groups is 1. The Morgan fingerprint density at radius 2 is 1.96 bits per heavy atom. The molecule has 0 unspecified atom stereocenters. The predicted molar refractivity (Wildman–Crippen MR) is 94.7 cm³/mol. The van der Waals surface area contributed by atoms with Crippen LogP contribution >= 0.6 is 0 Å². The Bertz CT molecular complexity index is 634. The van der Waals surface area contributed by atoms with Crippen LogP contribution in [-0.4, -0.2) is 25.7 Å². The van der Waals surface area contributed by atoms with E-state index in [2.05, 4.69) is 25.2 Å². The standard InChI is InChI=1S/C20H27NO3/c1-20(2)13-23-17-9-8-16(12-18(17)24-14-20)19(22)21-11-10-15-6-4-3-5-7-15/h6,8-9,12H,3-5,7,10-11,13-14H2,1-2H3,(H,21,22). The first-order valence-electron chi connectivity index (χ1n) is 8.89. The van der Waals surface area contributed by atoms with Crippen molar-refractivity contribution in [3.05, 3.63) is 35.4 Å². The summed E-state index contributed by atoms with van der Waals surface area (Å²) in [7, 11) is 0. The van der Waals surface area contributed by atoms with E-state index in [9.17, 15) is 4.79 Å². The second-order valence-electron chi connectivity index (χ2n) is 7.52. The number of amides is 1. The zero-order valence-corrected chi connectivity index (χ0v) is 14.7. The second-order valence-corrected chi connectivity index (χ2v) is 7.52. The maximum Gasteiger partial charge on any atom is 0.251 e. The molecule has 130 valence electrons. The number of rotatable bonds is 4. The number of nitrogens with one attached hydrogen (secondary N) is 1. The van der Waals surface area contributed by atoms with Gasteiger partial charge in [-0.1, -0.05) is 25.5 Å². The highest BCUT2D eigenvalue weighted by molar-refractivity contribution is 5.94. The van der Waals surface area contributed by atoms with Crippen molar-refractivity contribution < 1.29 is 14.3 Å². The summed E-state index contributed by atoms with van der Waals surface area (Å²) >= 11 is 0. The molecule has 0 saturated carbocycles. The molecule has 1 aliphatic heterocycles. The van der Waals surface area contributed by atoms with Crippen molar-refractivity contribution >= 4 is 5.91 Å². The van der Waals surface area contributed by atoms with E-state index in [4.69, 9.17) is 9.47 Å². The molecule has 0 spiro atoms. The Morgan fingerprint density at radius 1 is 1.17 bits per heavy atom. The SMILES string of the molecule is CC1(C)COc2ccc(C(=O)NCCC3=CCCCC3)cc2OC1. The monoisotopic (exact) mass is 329 g/mol. The molecule has 1 aliphatic carbocycles. The van der Waals surface area contributed by atoms with Crippen molar-refractivity contribution in [1.29, 1.82) is 0 Å². The molecular weight excluding hydrogens is 302 g/mol. The van der Waals surface area contributed by atoms with E-state index in [-0.39, 0.29) is 11.3 Å². The van der Waals surface area contributed by atoms with Crippen molar-refractivity contribution in [2.24, 2.45) is 5.41 Å². The molecule has 1 aromatic carbocycles. The molecular formula is C20H27NO3. The Balaban J connectivity index is 1.58. The van der Waals surface area contributed by atoms with Gasteiger partial charge in [0.25, 0.3) is 5.91 Å². The van der Waals surface area contributed by atoms with E-state index in [1.165, 1.54) is 31.3 Å². The highest BCUT2D eigenvalue weighted by Gasteiger charge is 2.25. The summed E-state index contributed by atoms with van der Waals surface area (Å²) in [5.74, 6) is 1.31. The lowest BCUT2D eigenvalue weighted by Crippen LogP contribution is -2.26. The van der Waals surface area contributed by atoms with Gasteiger partial charge >= 0.3 is 0 Å². The third-order valence-corrected chi connectivity index (χ3v) is 4.56. The van der Waals surface area contributed by atoms with Gasteiger partial charge in [-0.2, -0.15) is 0 Å². The van der Waals surface area contributed by atoms with Gasteiger partial charge in [-0.15, -0.1) is 0 Å². The zero-order valence-electron chi connectivity index (χ0n) is 14.7. The lowest BCUT2D eigenvalue weighted by molar-refractivity contribution is 0.0953. The van der Waals surface area contributed by atoms with Crippen LogP contribution in [-0.2, 0) is 0 Å². The van der Waals surface area contributed by atoms with Gasteiger partial charge in [-0.25, -0.2) is 0 Å². The lowest BCUT2D eigenvalue weighted by Gasteiger charge is -2.19. The number of benzene rings is 1. The van der Waals surface area contributed by atoms with Crippen molar-refractivity contribution in [3.63, 3.8) is 0 Å². The fourth-order valence-corrected chi connectivity index (χ4v) is 3.04. The summed E-state index contributed by atoms with van der Waals surface area (Å²) in [6.45, 7) is 6.09. The normalized spacial score (nSPS) is 19.2. The van der Waals surface area contributed by atoms with Crippen molar-refractivity contribution in [2.45, 2.75) is 46.0 Å². The zero-order chi connectivity index (χ0) is 17.0. The van der Waals surface area contributed by atoms with Gasteiger partial charge in [0.1, 0.15) is 0 Å². The van der Waals surface area contributed by atoms with E-state index >= 15 is 0 Å². The number of allylic oxidation sites excluding steroid dienone is 1. The largest absolute Gasteiger partial charge is 0.489 e. The Morgan fingerprint density at radius 3 is 2.71 bits per heavy atom. The molecule has 0 aromatic heterocycles. The fraction of sp³-hybridized carbons (Fsp3) is 0.550. The first kappa shape index (κ1) is 16.9. The van der Waals surface area contributed by atoms with Crippen molar-refractivity contribution in [2.75, 3.05) is 19.8 Å². The van der Waals surface area contributed by atoms with E-state index in [1.807, 2.05) is 6.07 Å². The molecule has 3 rings (SSSR count). The van der Waals surface area contributed by atoms with Gasteiger partial charge in [-0.05, 0) is 50.3 Å². The molecule has 0 saturated heterocycles. The van der Waals surface area contributed by atoms with Crippen LogP contribution in [0.15, 0.2) is 29.8 Å². The van der Waals surface area contributed by atoms with Crippen LogP contribution in [0.2, 0.25) is 0 Å². The highest BCUT2D eigenvalue weighted by Crippen LogP contribution is 2.34. The average Bonchev–Trinajstić information content (AvgIpc) is 2.74. The van der Waals surface area contributed by atoms with Crippen LogP contribution in [0, 0.1) is 5.41 Å². The van der Waals surface area contributed by atoms with Crippen LogP contribution in [0.3, 0.4) is 0 Å². The van der Waals surface area contributed by atoms with Crippen LogP contribution in [0.1, 0.15) is 56.3 Å². The lowest BCUT2D eigenvalue weighted by atomic mass is 9.97. The predicted octanol–water partition coefficient (Wildman–Crippen LogP) is 4.10. The van der Waals surface area contributed by atoms with Gasteiger partial charge in [0.15, 0.2) is 11.5 Å². The smallest absolute Gasteiger partial charge is 0.251 e. The summed E-state index contributed by atoms with van der Waals surface area (Å²) in [6, 6.07) is 5.41. The molecule has 0 fully saturated rings. The molecule has 4 heteroatoms. The van der Waals surface area contributed by atoms with Crippen molar-refractivity contribution in [1.82, 2.24) is 5.32 Å². The summed E-state index contributed by atoms with van der Waals surface area (Å²) in [5.41, 5.74) is 2.06.